The van der Waals surface area contributed by atoms with Crippen molar-refractivity contribution in [2.24, 2.45) is 0 Å². The van der Waals surface area contributed by atoms with Gasteiger partial charge < -0.3 is 5.32 Å². The lowest BCUT2D eigenvalue weighted by atomic mass is 10.1. The molecule has 3 aromatic rings. The van der Waals surface area contributed by atoms with Gasteiger partial charge in [0, 0.05) is 18.3 Å². The Labute approximate surface area is 149 Å². The third kappa shape index (κ3) is 3.52. The highest BCUT2D eigenvalue weighted by Crippen LogP contribution is 2.33. The molecule has 0 saturated carbocycles. The van der Waals surface area contributed by atoms with E-state index in [-0.39, 0.29) is 0 Å². The van der Waals surface area contributed by atoms with E-state index in [9.17, 15) is 0 Å². The molecule has 3 aromatic heterocycles. The summed E-state index contributed by atoms with van der Waals surface area (Å²) in [5.41, 5.74) is 2.25. The standard InChI is InChI=1S/C17H17N7S/c18-7-13-10-19-17(25-13)23-16-5-1-3-14(22-16)15-4-2-6-24(15)11-12-8-20-21-9-12/h1,3,5,8-10,15H,2,4,6,11H2,(H,20,21)(H,19,22,23). The summed E-state index contributed by atoms with van der Waals surface area (Å²) in [7, 11) is 0. The molecule has 2 N–H and O–H groups in total. The topological polar surface area (TPSA) is 93.5 Å². The molecule has 0 aliphatic carbocycles. The first kappa shape index (κ1) is 15.7. The lowest BCUT2D eigenvalue weighted by Crippen LogP contribution is -2.23. The second-order valence-electron chi connectivity index (χ2n) is 5.95. The summed E-state index contributed by atoms with van der Waals surface area (Å²) in [6, 6.07) is 8.42. The fourth-order valence-corrected chi connectivity index (χ4v) is 3.77. The molecule has 0 bridgehead atoms. The molecule has 1 aliphatic heterocycles. The summed E-state index contributed by atoms with van der Waals surface area (Å²) < 4.78 is 0. The lowest BCUT2D eigenvalue weighted by molar-refractivity contribution is 0.244. The Morgan fingerprint density at radius 3 is 3.16 bits per heavy atom. The number of hydrogen-bond donors (Lipinski definition) is 2. The molecule has 1 saturated heterocycles. The smallest absolute Gasteiger partial charge is 0.189 e. The van der Waals surface area contributed by atoms with Gasteiger partial charge >= 0.3 is 0 Å². The Hall–Kier alpha value is -2.76. The van der Waals surface area contributed by atoms with Gasteiger partial charge in [0.2, 0.25) is 0 Å². The molecule has 4 heterocycles. The van der Waals surface area contributed by atoms with Crippen LogP contribution in [0.4, 0.5) is 10.9 Å². The van der Waals surface area contributed by atoms with E-state index in [2.05, 4.69) is 37.5 Å². The van der Waals surface area contributed by atoms with Crippen LogP contribution in [0, 0.1) is 11.3 Å². The van der Waals surface area contributed by atoms with Crippen molar-refractivity contribution in [3.8, 4) is 6.07 Å². The molecule has 8 heteroatoms. The molecule has 7 nitrogen and oxygen atoms in total. The molecule has 4 rings (SSSR count). The number of nitrogens with one attached hydrogen (secondary N) is 2. The minimum atomic E-state index is 0.308. The van der Waals surface area contributed by atoms with Gasteiger partial charge in [0.1, 0.15) is 16.8 Å². The van der Waals surface area contributed by atoms with E-state index in [1.807, 2.05) is 24.5 Å². The number of pyridine rings is 1. The average molecular weight is 351 g/mol. The Morgan fingerprint density at radius 1 is 1.40 bits per heavy atom. The quantitative estimate of drug-likeness (QED) is 0.733. The van der Waals surface area contributed by atoms with E-state index in [1.165, 1.54) is 23.3 Å². The van der Waals surface area contributed by atoms with Crippen LogP contribution in [0.5, 0.6) is 0 Å². The molecule has 0 amide bonds. The predicted molar refractivity (Wildman–Crippen MR) is 95.3 cm³/mol. The van der Waals surface area contributed by atoms with Gasteiger partial charge in [0.05, 0.1) is 24.1 Å². The van der Waals surface area contributed by atoms with Crippen molar-refractivity contribution in [1.82, 2.24) is 25.1 Å². The van der Waals surface area contributed by atoms with Crippen LogP contribution in [0.1, 0.15) is 35.0 Å². The summed E-state index contributed by atoms with van der Waals surface area (Å²) in [6.45, 7) is 1.94. The van der Waals surface area contributed by atoms with E-state index in [0.717, 1.165) is 31.0 Å². The highest BCUT2D eigenvalue weighted by atomic mass is 32.1. The Balaban J connectivity index is 1.51. The Kier molecular flexibility index (Phi) is 4.41. The second-order valence-corrected chi connectivity index (χ2v) is 6.98. The first-order valence-electron chi connectivity index (χ1n) is 8.13. The highest BCUT2D eigenvalue weighted by Gasteiger charge is 2.27. The SMILES string of the molecule is N#Cc1cnc(Nc2cccc(C3CCCN3Cc3cn[nH]c3)n2)s1. The van der Waals surface area contributed by atoms with Crippen LogP contribution >= 0.6 is 11.3 Å². The van der Waals surface area contributed by atoms with Crippen molar-refractivity contribution in [2.45, 2.75) is 25.4 Å². The first-order valence-corrected chi connectivity index (χ1v) is 8.95. The van der Waals surface area contributed by atoms with Crippen molar-refractivity contribution < 1.29 is 0 Å². The number of aromatic nitrogens is 4. The molecule has 1 aliphatic rings. The van der Waals surface area contributed by atoms with E-state index in [1.54, 1.807) is 6.20 Å². The number of rotatable bonds is 5. The fraction of sp³-hybridized carbons (Fsp3) is 0.294. The van der Waals surface area contributed by atoms with E-state index in [0.29, 0.717) is 16.1 Å². The molecule has 0 radical (unpaired) electrons. The zero-order valence-corrected chi connectivity index (χ0v) is 14.3. The van der Waals surface area contributed by atoms with Gasteiger partial charge in [-0.15, -0.1) is 0 Å². The van der Waals surface area contributed by atoms with Gasteiger partial charge in [-0.05, 0) is 31.5 Å². The summed E-state index contributed by atoms with van der Waals surface area (Å²) in [5, 5.41) is 19.7. The maximum atomic E-state index is 8.90. The molecule has 1 unspecified atom stereocenters. The van der Waals surface area contributed by atoms with Crippen LogP contribution in [0.25, 0.3) is 0 Å². The van der Waals surface area contributed by atoms with Crippen LogP contribution in [0.2, 0.25) is 0 Å². The van der Waals surface area contributed by atoms with Gasteiger partial charge in [-0.2, -0.15) is 10.4 Å². The molecule has 0 spiro atoms. The van der Waals surface area contributed by atoms with E-state index in [4.69, 9.17) is 10.2 Å². The van der Waals surface area contributed by atoms with Gasteiger partial charge in [-0.1, -0.05) is 17.4 Å². The average Bonchev–Trinajstić information content (AvgIpc) is 3.37. The molecule has 1 fully saturated rings. The number of nitrogens with zero attached hydrogens (tertiary/aromatic N) is 5. The van der Waals surface area contributed by atoms with Crippen LogP contribution in [-0.4, -0.2) is 31.6 Å². The summed E-state index contributed by atoms with van der Waals surface area (Å²) >= 11 is 1.32. The minimum Gasteiger partial charge on any atom is -0.316 e. The maximum Gasteiger partial charge on any atom is 0.189 e. The van der Waals surface area contributed by atoms with Crippen molar-refractivity contribution in [3.05, 3.63) is 52.9 Å². The van der Waals surface area contributed by atoms with E-state index < -0.39 is 0 Å². The minimum absolute atomic E-state index is 0.308. The predicted octanol–water partition coefficient (Wildman–Crippen LogP) is 3.21. The Morgan fingerprint density at radius 2 is 2.36 bits per heavy atom. The Bertz CT molecular complexity index is 881. The largest absolute Gasteiger partial charge is 0.316 e. The van der Waals surface area contributed by atoms with Crippen LogP contribution in [0.15, 0.2) is 36.8 Å². The number of anilines is 2. The number of thiazole rings is 1. The van der Waals surface area contributed by atoms with Crippen molar-refractivity contribution >= 4 is 22.3 Å². The van der Waals surface area contributed by atoms with Crippen molar-refractivity contribution in [1.29, 1.82) is 5.26 Å². The monoisotopic (exact) mass is 351 g/mol. The zero-order chi connectivity index (χ0) is 17.1. The number of nitriles is 1. The number of hydrogen-bond acceptors (Lipinski definition) is 7. The summed E-state index contributed by atoms with van der Waals surface area (Å²) in [5.74, 6) is 0.756. The maximum absolute atomic E-state index is 8.90. The third-order valence-corrected chi connectivity index (χ3v) is 5.08. The van der Waals surface area contributed by atoms with Crippen LogP contribution in [0.3, 0.4) is 0 Å². The molecule has 25 heavy (non-hydrogen) atoms. The normalized spacial score (nSPS) is 17.5. The van der Waals surface area contributed by atoms with Gasteiger partial charge in [0.25, 0.3) is 0 Å². The number of aromatic amines is 1. The van der Waals surface area contributed by atoms with E-state index >= 15 is 0 Å². The molecular formula is C17H17N7S. The van der Waals surface area contributed by atoms with Crippen LogP contribution < -0.4 is 5.32 Å². The third-order valence-electron chi connectivity index (χ3n) is 4.27. The fourth-order valence-electron chi connectivity index (χ4n) is 3.15. The molecule has 126 valence electrons. The molecule has 0 aromatic carbocycles. The lowest BCUT2D eigenvalue weighted by Gasteiger charge is -2.23. The highest BCUT2D eigenvalue weighted by molar-refractivity contribution is 7.16. The summed E-state index contributed by atoms with van der Waals surface area (Å²) in [6.07, 6.45) is 7.65. The summed E-state index contributed by atoms with van der Waals surface area (Å²) in [4.78, 5) is 12.0. The van der Waals surface area contributed by atoms with Gasteiger partial charge in [-0.25, -0.2) is 9.97 Å². The second kappa shape index (κ2) is 7.01. The van der Waals surface area contributed by atoms with Gasteiger partial charge in [0.15, 0.2) is 5.13 Å². The number of H-pyrrole nitrogens is 1. The molecular weight excluding hydrogens is 334 g/mol. The zero-order valence-electron chi connectivity index (χ0n) is 13.5. The van der Waals surface area contributed by atoms with Crippen LogP contribution in [-0.2, 0) is 6.54 Å². The first-order chi connectivity index (χ1) is 12.3. The van der Waals surface area contributed by atoms with Crippen molar-refractivity contribution in [3.63, 3.8) is 0 Å². The molecule has 1 atom stereocenters. The van der Waals surface area contributed by atoms with Gasteiger partial charge in [-0.3, -0.25) is 10.00 Å². The van der Waals surface area contributed by atoms with Crippen molar-refractivity contribution in [2.75, 3.05) is 11.9 Å². The number of likely N-dealkylation sites (tertiary alicyclic amines) is 1.